The predicted octanol–water partition coefficient (Wildman–Crippen LogP) is 7.17. The number of rotatable bonds is 10. The largest absolute Gasteiger partial charge is 0.481 e. The fourth-order valence-corrected chi connectivity index (χ4v) is 10.1. The van der Waals surface area contributed by atoms with Crippen LogP contribution in [0.25, 0.3) is 0 Å². The Morgan fingerprint density at radius 3 is 2.44 bits per heavy atom. The second-order valence-electron chi connectivity index (χ2n) is 13.9. The summed E-state index contributed by atoms with van der Waals surface area (Å²) in [5, 5.41) is 52.4. The summed E-state index contributed by atoms with van der Waals surface area (Å²) < 4.78 is 0. The van der Waals surface area contributed by atoms with E-state index < -0.39 is 50.2 Å². The number of carbonyl (C=O) groups is 1. The van der Waals surface area contributed by atoms with Gasteiger partial charge in [0.15, 0.2) is 0 Å². The number of nitro groups is 2. The molecule has 13 heteroatoms. The van der Waals surface area contributed by atoms with E-state index in [4.69, 9.17) is 0 Å². The van der Waals surface area contributed by atoms with Gasteiger partial charge in [0.2, 0.25) is 0 Å². The summed E-state index contributed by atoms with van der Waals surface area (Å²) >= 11 is 0. The number of aliphatic carboxylic acids is 1. The van der Waals surface area contributed by atoms with Gasteiger partial charge in [-0.05, 0) is 86.0 Å². The molecule has 4 aliphatic rings. The summed E-state index contributed by atoms with van der Waals surface area (Å²) in [6.07, 6.45) is 7.72. The highest BCUT2D eigenvalue weighted by molar-refractivity contribution is 5.70. The van der Waals surface area contributed by atoms with Gasteiger partial charge in [-0.2, -0.15) is 10.0 Å². The maximum absolute atomic E-state index is 12.6. The number of carboxylic acids is 1. The lowest BCUT2D eigenvalue weighted by Crippen LogP contribution is -2.54. The van der Waals surface area contributed by atoms with Crippen molar-refractivity contribution >= 4 is 29.2 Å². The molecule has 0 saturated heterocycles. The van der Waals surface area contributed by atoms with Crippen LogP contribution in [0.1, 0.15) is 92.4 Å². The Bertz CT molecular complexity index is 1340. The average Bonchev–Trinajstić information content (AvgIpc) is 3.45. The molecular weight excluding hydrogens is 582 g/mol. The number of anilines is 1. The van der Waals surface area contributed by atoms with Crippen LogP contribution >= 0.6 is 0 Å². The topological polar surface area (TPSA) is 198 Å². The number of non-ortho nitro benzene ring substituents is 1. The minimum atomic E-state index is -1.26. The van der Waals surface area contributed by atoms with Crippen molar-refractivity contribution in [2.75, 3.05) is 5.43 Å². The molecule has 13 nitrogen and oxygen atoms in total. The van der Waals surface area contributed by atoms with Crippen LogP contribution in [0.5, 0.6) is 0 Å². The van der Waals surface area contributed by atoms with Gasteiger partial charge in [-0.25, -0.2) is 0 Å². The molecule has 4 aliphatic carbocycles. The molecule has 1 aromatic rings. The fraction of sp³-hybridized carbons (Fsp3) is 0.750. The van der Waals surface area contributed by atoms with Crippen molar-refractivity contribution in [3.63, 3.8) is 0 Å². The molecule has 4 fully saturated rings. The molecule has 1 aromatic carbocycles. The van der Waals surface area contributed by atoms with Crippen LogP contribution in [0, 0.1) is 71.5 Å². The quantitative estimate of drug-likeness (QED) is 0.104. The number of hydrogen-bond acceptors (Lipinski definition) is 10. The summed E-state index contributed by atoms with van der Waals surface area (Å²) in [4.78, 5) is 44.4. The number of hydrogen-bond donors (Lipinski definition) is 3. The highest BCUT2D eigenvalue weighted by Crippen LogP contribution is 2.73. The van der Waals surface area contributed by atoms with Gasteiger partial charge in [0.25, 0.3) is 5.69 Å². The van der Waals surface area contributed by atoms with Crippen molar-refractivity contribution in [1.82, 2.24) is 0 Å². The van der Waals surface area contributed by atoms with Crippen LogP contribution in [-0.2, 0) is 4.79 Å². The molecule has 248 valence electrons. The van der Waals surface area contributed by atoms with Crippen LogP contribution in [0.4, 0.5) is 17.1 Å². The molecule has 4 unspecified atom stereocenters. The Morgan fingerprint density at radius 1 is 1.11 bits per heavy atom. The Labute approximate surface area is 263 Å². The molecule has 45 heavy (non-hydrogen) atoms. The fourth-order valence-electron chi connectivity index (χ4n) is 10.1. The molecule has 0 aromatic heterocycles. The maximum Gasteiger partial charge on any atom is 0.303 e. The van der Waals surface area contributed by atoms with Crippen LogP contribution in [0.15, 0.2) is 28.5 Å². The molecule has 0 radical (unpaired) electrons. The van der Waals surface area contributed by atoms with Crippen LogP contribution < -0.4 is 5.43 Å². The van der Waals surface area contributed by atoms with Crippen LogP contribution in [0.2, 0.25) is 0 Å². The first-order chi connectivity index (χ1) is 21.3. The molecule has 0 heterocycles. The van der Waals surface area contributed by atoms with Crippen molar-refractivity contribution in [2.24, 2.45) is 56.6 Å². The van der Waals surface area contributed by atoms with Gasteiger partial charge in [0.05, 0.1) is 27.6 Å². The number of nitro benzene ring substituents is 2. The zero-order valence-electron chi connectivity index (χ0n) is 26.8. The number of nitroso groups, excluding NO2 is 1. The summed E-state index contributed by atoms with van der Waals surface area (Å²) in [5.74, 6) is -0.164. The van der Waals surface area contributed by atoms with E-state index in [9.17, 15) is 40.1 Å². The smallest absolute Gasteiger partial charge is 0.303 e. The van der Waals surface area contributed by atoms with E-state index in [1.165, 1.54) is 12.1 Å². The second-order valence-corrected chi connectivity index (χ2v) is 13.9. The van der Waals surface area contributed by atoms with E-state index in [2.05, 4.69) is 36.5 Å². The third-order valence-corrected chi connectivity index (χ3v) is 12.2. The van der Waals surface area contributed by atoms with Gasteiger partial charge < -0.3 is 10.2 Å². The molecule has 5 rings (SSSR count). The third-order valence-electron chi connectivity index (χ3n) is 12.2. The van der Waals surface area contributed by atoms with E-state index in [-0.39, 0.29) is 47.6 Å². The zero-order valence-corrected chi connectivity index (χ0v) is 26.8. The summed E-state index contributed by atoms with van der Waals surface area (Å²) in [7, 11) is 0. The van der Waals surface area contributed by atoms with E-state index in [0.717, 1.165) is 31.7 Å². The first-order valence-corrected chi connectivity index (χ1v) is 16.3. The Balaban J connectivity index is 0.00000226. The maximum atomic E-state index is 12.6. The number of aliphatic hydroxyl groups is 1. The minimum absolute atomic E-state index is 0.00565. The number of nitrogens with one attached hydrogen (secondary N) is 1. The SMILES string of the molecule is CC.C[C@H](CCC(=O)O)[C@H]1CCC2C3C(CCC21C)[C@@]1(C)CC[C@H](N=O)C[C@@]1(O)[C@@H]3/C=N/Nc1ccc([N+](=O)[O-])cc1[N+](=O)[O-]. The molecule has 0 spiro atoms. The predicted molar refractivity (Wildman–Crippen MR) is 170 cm³/mol. The minimum Gasteiger partial charge on any atom is -0.481 e. The van der Waals surface area contributed by atoms with Gasteiger partial charge >= 0.3 is 11.7 Å². The van der Waals surface area contributed by atoms with E-state index >= 15 is 0 Å². The van der Waals surface area contributed by atoms with Gasteiger partial charge in [-0.1, -0.05) is 39.8 Å². The van der Waals surface area contributed by atoms with Gasteiger partial charge in [0, 0.05) is 36.5 Å². The summed E-state index contributed by atoms with van der Waals surface area (Å²) in [6.45, 7) is 10.6. The normalized spacial score (nSPS) is 37.4. The lowest BCUT2D eigenvalue weighted by molar-refractivity contribution is -0.393. The second kappa shape index (κ2) is 13.1. The average molecular weight is 630 g/mol. The Kier molecular flexibility index (Phi) is 10.0. The van der Waals surface area contributed by atoms with E-state index in [0.29, 0.717) is 25.2 Å². The monoisotopic (exact) mass is 629 g/mol. The number of fused-ring (bicyclic) bond motifs is 5. The number of hydrazone groups is 1. The first-order valence-electron chi connectivity index (χ1n) is 16.3. The van der Waals surface area contributed by atoms with Gasteiger partial charge in [-0.15, -0.1) is 0 Å². The highest BCUT2D eigenvalue weighted by Gasteiger charge is 2.72. The van der Waals surface area contributed by atoms with Crippen molar-refractivity contribution in [3.05, 3.63) is 43.3 Å². The van der Waals surface area contributed by atoms with Gasteiger partial charge in [-0.3, -0.25) is 30.4 Å². The molecule has 10 atom stereocenters. The first kappa shape index (κ1) is 34.4. The standard InChI is InChI=1S/C30H41N5O8.C2H6/c1-17(4-9-26(36)37)20-6-7-21-27-22(11-12-28(20,21)2)29(3)13-10-18(33-39)15-30(29,38)23(27)16-31-32-24-8-5-19(34(40)41)14-25(24)35(42)43;1-2/h5,8,14,16-18,20-23,27,32,38H,4,6-7,9-13,15H2,1-3H3,(H,36,37);1-2H3/b31-16+;/t17-,18+,20-,21?,22?,23-,27?,28?,29-,30-;/m1./s1. The van der Waals surface area contributed by atoms with Crippen LogP contribution in [-0.4, -0.2) is 43.9 Å². The number of benzene rings is 1. The Hall–Kier alpha value is -3.48. The molecular formula is C32H47N5O8. The van der Waals surface area contributed by atoms with Gasteiger partial charge in [0.1, 0.15) is 5.69 Å². The number of carboxylic acid groups (broad SMARTS) is 1. The lowest BCUT2D eigenvalue weighted by atomic mass is 9.53. The third kappa shape index (κ3) is 5.83. The van der Waals surface area contributed by atoms with Crippen LogP contribution in [0.3, 0.4) is 0 Å². The molecule has 4 saturated carbocycles. The summed E-state index contributed by atoms with van der Waals surface area (Å²) in [5.41, 5.74) is 0.0396. The molecule has 3 N–H and O–H groups in total. The van der Waals surface area contributed by atoms with E-state index in [1.807, 2.05) is 13.8 Å². The highest BCUT2D eigenvalue weighted by atomic mass is 16.6. The van der Waals surface area contributed by atoms with Crippen molar-refractivity contribution < 1.29 is 24.9 Å². The summed E-state index contributed by atoms with van der Waals surface area (Å²) in [6, 6.07) is 2.77. The van der Waals surface area contributed by atoms with Crippen molar-refractivity contribution in [2.45, 2.75) is 104 Å². The lowest BCUT2D eigenvalue weighted by Gasteiger charge is -2.52. The van der Waals surface area contributed by atoms with E-state index in [1.54, 1.807) is 6.21 Å². The van der Waals surface area contributed by atoms with Crippen molar-refractivity contribution in [3.8, 4) is 0 Å². The molecule has 0 aliphatic heterocycles. The Morgan fingerprint density at radius 2 is 1.82 bits per heavy atom. The number of nitrogens with zero attached hydrogens (tertiary/aromatic N) is 4. The zero-order chi connectivity index (χ0) is 33.3. The molecule has 0 amide bonds. The molecule has 0 bridgehead atoms. The van der Waals surface area contributed by atoms with Crippen molar-refractivity contribution in [1.29, 1.82) is 0 Å².